The van der Waals surface area contributed by atoms with Crippen molar-refractivity contribution in [1.29, 1.82) is 0 Å². The molecular weight excluding hydrogens is 207 g/mol. The van der Waals surface area contributed by atoms with E-state index in [1.165, 1.54) is 6.07 Å². The summed E-state index contributed by atoms with van der Waals surface area (Å²) < 4.78 is 19.2. The molecular formula is C6H4Cl2O2S. The van der Waals surface area contributed by atoms with Crippen LogP contribution in [0.25, 0.3) is 0 Å². The Morgan fingerprint density at radius 3 is 2.45 bits per heavy atom. The Labute approximate surface area is 76.4 Å². The van der Waals surface area contributed by atoms with Gasteiger partial charge in [0.15, 0.2) is 11.1 Å². The fourth-order valence-corrected chi connectivity index (χ4v) is 1.63. The number of hydrogen-bond acceptors (Lipinski definition) is 1. The van der Waals surface area contributed by atoms with Gasteiger partial charge in [0.1, 0.15) is 0 Å². The molecule has 0 aliphatic carbocycles. The Balaban J connectivity index is 3.27. The Kier molecular flexibility index (Phi) is 2.90. The van der Waals surface area contributed by atoms with Gasteiger partial charge in [0.2, 0.25) is 0 Å². The predicted molar refractivity (Wildman–Crippen MR) is 45.5 cm³/mol. The fourth-order valence-electron chi connectivity index (χ4n) is 0.619. The van der Waals surface area contributed by atoms with Crippen LogP contribution in [-0.2, 0) is 11.1 Å². The topological polar surface area (TPSA) is 37.3 Å². The highest BCUT2D eigenvalue weighted by atomic mass is 35.5. The lowest BCUT2D eigenvalue weighted by molar-refractivity contribution is 0.564. The van der Waals surface area contributed by atoms with Crippen LogP contribution >= 0.6 is 23.2 Å². The van der Waals surface area contributed by atoms with Crippen molar-refractivity contribution in [2.45, 2.75) is 4.90 Å². The van der Waals surface area contributed by atoms with Crippen LogP contribution in [-0.4, -0.2) is 8.76 Å². The molecule has 5 heteroatoms. The summed E-state index contributed by atoms with van der Waals surface area (Å²) in [6.45, 7) is 0. The number of halogens is 2. The number of benzene rings is 1. The van der Waals surface area contributed by atoms with Crippen molar-refractivity contribution in [2.24, 2.45) is 0 Å². The summed E-state index contributed by atoms with van der Waals surface area (Å²) in [6, 6.07) is 4.57. The van der Waals surface area contributed by atoms with Gasteiger partial charge < -0.3 is 4.55 Å². The van der Waals surface area contributed by atoms with E-state index in [0.717, 1.165) is 0 Å². The largest absolute Gasteiger partial charge is 0.302 e. The lowest BCUT2D eigenvalue weighted by Crippen LogP contribution is -1.88. The van der Waals surface area contributed by atoms with Crippen LogP contribution in [0.15, 0.2) is 23.1 Å². The average Bonchev–Trinajstić information content (AvgIpc) is 1.94. The molecule has 0 saturated carbocycles. The third-order valence-electron chi connectivity index (χ3n) is 1.10. The molecule has 1 unspecified atom stereocenters. The molecule has 1 rings (SSSR count). The van der Waals surface area contributed by atoms with Gasteiger partial charge in [0.25, 0.3) is 0 Å². The van der Waals surface area contributed by atoms with Crippen LogP contribution in [0.1, 0.15) is 0 Å². The quantitative estimate of drug-likeness (QED) is 0.724. The minimum absolute atomic E-state index is 0.134. The first-order valence-electron chi connectivity index (χ1n) is 2.68. The Morgan fingerprint density at radius 1 is 1.36 bits per heavy atom. The van der Waals surface area contributed by atoms with E-state index in [1.54, 1.807) is 12.1 Å². The Hall–Kier alpha value is -0.0900. The summed E-state index contributed by atoms with van der Waals surface area (Å²) in [7, 11) is 0. The van der Waals surface area contributed by atoms with E-state index in [4.69, 9.17) is 27.8 Å². The molecule has 0 saturated heterocycles. The van der Waals surface area contributed by atoms with Gasteiger partial charge in [0, 0.05) is 0 Å². The smallest absolute Gasteiger partial charge is 0.188 e. The number of rotatable bonds is 1. The second kappa shape index (κ2) is 3.54. The molecule has 0 aliphatic heterocycles. The van der Waals surface area contributed by atoms with E-state index in [9.17, 15) is 4.21 Å². The molecule has 0 fully saturated rings. The highest BCUT2D eigenvalue weighted by Gasteiger charge is 2.07. The second-order valence-electron chi connectivity index (χ2n) is 1.80. The summed E-state index contributed by atoms with van der Waals surface area (Å²) in [5.41, 5.74) is 0. The SMILES string of the molecule is O=S(O)c1cccc(Cl)c1Cl. The molecule has 1 atom stereocenters. The maximum absolute atomic E-state index is 10.5. The monoisotopic (exact) mass is 210 g/mol. The second-order valence-corrected chi connectivity index (χ2v) is 3.52. The summed E-state index contributed by atoms with van der Waals surface area (Å²) in [6.07, 6.45) is 0. The van der Waals surface area contributed by atoms with Crippen LogP contribution in [0.4, 0.5) is 0 Å². The van der Waals surface area contributed by atoms with E-state index < -0.39 is 11.1 Å². The lowest BCUT2D eigenvalue weighted by Gasteiger charge is -1.98. The molecule has 0 aliphatic rings. The molecule has 1 N–H and O–H groups in total. The third-order valence-corrected chi connectivity index (χ3v) is 2.75. The molecule has 1 aromatic rings. The van der Waals surface area contributed by atoms with Crippen molar-refractivity contribution in [3.8, 4) is 0 Å². The van der Waals surface area contributed by atoms with Gasteiger partial charge in [-0.1, -0.05) is 29.3 Å². The summed E-state index contributed by atoms with van der Waals surface area (Å²) in [5.74, 6) is 0. The van der Waals surface area contributed by atoms with Crippen LogP contribution < -0.4 is 0 Å². The molecule has 0 radical (unpaired) electrons. The zero-order valence-corrected chi connectivity index (χ0v) is 7.58. The van der Waals surface area contributed by atoms with E-state index in [1.807, 2.05) is 0 Å². The van der Waals surface area contributed by atoms with Gasteiger partial charge in [-0.2, -0.15) is 0 Å². The molecule has 1 aromatic carbocycles. The van der Waals surface area contributed by atoms with Gasteiger partial charge in [-0.3, -0.25) is 0 Å². The molecule has 0 amide bonds. The minimum atomic E-state index is -2.07. The van der Waals surface area contributed by atoms with E-state index in [-0.39, 0.29) is 14.9 Å². The molecule has 2 nitrogen and oxygen atoms in total. The lowest BCUT2D eigenvalue weighted by atomic mass is 10.4. The summed E-state index contributed by atoms with van der Waals surface area (Å²) >= 11 is 9.12. The predicted octanol–water partition coefficient (Wildman–Crippen LogP) is 2.57. The maximum Gasteiger partial charge on any atom is 0.188 e. The van der Waals surface area contributed by atoms with E-state index >= 15 is 0 Å². The standard InChI is InChI=1S/C6H4Cl2O2S/c7-4-2-1-3-5(6(4)8)11(9)10/h1-3H,(H,9,10). The molecule has 0 heterocycles. The van der Waals surface area contributed by atoms with Gasteiger partial charge in [0.05, 0.1) is 14.9 Å². The van der Waals surface area contributed by atoms with Crippen LogP contribution in [0.3, 0.4) is 0 Å². The van der Waals surface area contributed by atoms with Crippen LogP contribution in [0.5, 0.6) is 0 Å². The highest BCUT2D eigenvalue weighted by molar-refractivity contribution is 7.79. The van der Waals surface area contributed by atoms with Crippen LogP contribution in [0.2, 0.25) is 10.0 Å². The van der Waals surface area contributed by atoms with Crippen molar-refractivity contribution < 1.29 is 8.76 Å². The number of hydrogen-bond donors (Lipinski definition) is 1. The first kappa shape index (κ1) is 9.00. The maximum atomic E-state index is 10.5. The third kappa shape index (κ3) is 1.93. The zero-order valence-electron chi connectivity index (χ0n) is 5.25. The summed E-state index contributed by atoms with van der Waals surface area (Å²) in [4.78, 5) is 0.138. The van der Waals surface area contributed by atoms with Gasteiger partial charge in [-0.25, -0.2) is 4.21 Å². The molecule has 0 spiro atoms. The van der Waals surface area contributed by atoms with Crippen molar-refractivity contribution in [1.82, 2.24) is 0 Å². The molecule has 0 bridgehead atoms. The molecule has 11 heavy (non-hydrogen) atoms. The van der Waals surface area contributed by atoms with Gasteiger partial charge in [-0.05, 0) is 12.1 Å². The summed E-state index contributed by atoms with van der Waals surface area (Å²) in [5, 5.41) is 0.418. The van der Waals surface area contributed by atoms with Gasteiger partial charge in [-0.15, -0.1) is 0 Å². The average molecular weight is 211 g/mol. The minimum Gasteiger partial charge on any atom is -0.302 e. The first-order valence-corrected chi connectivity index (χ1v) is 4.54. The van der Waals surface area contributed by atoms with E-state index in [2.05, 4.69) is 0 Å². The van der Waals surface area contributed by atoms with E-state index in [0.29, 0.717) is 0 Å². The first-order chi connectivity index (χ1) is 5.13. The fraction of sp³-hybridized carbons (Fsp3) is 0. The van der Waals surface area contributed by atoms with Crippen molar-refractivity contribution >= 4 is 34.3 Å². The van der Waals surface area contributed by atoms with Crippen molar-refractivity contribution in [3.63, 3.8) is 0 Å². The normalized spacial score (nSPS) is 13.0. The van der Waals surface area contributed by atoms with Crippen molar-refractivity contribution in [3.05, 3.63) is 28.2 Å². The molecule has 0 aromatic heterocycles. The zero-order chi connectivity index (χ0) is 8.43. The van der Waals surface area contributed by atoms with Crippen LogP contribution in [0, 0.1) is 0 Å². The highest BCUT2D eigenvalue weighted by Crippen LogP contribution is 2.26. The molecule has 60 valence electrons. The van der Waals surface area contributed by atoms with Crippen molar-refractivity contribution in [2.75, 3.05) is 0 Å². The van der Waals surface area contributed by atoms with Gasteiger partial charge >= 0.3 is 0 Å². The Bertz CT molecular complexity index is 301. The Morgan fingerprint density at radius 2 is 2.00 bits per heavy atom.